The standard InChI is InChI=1S/C24H34N4O4/c1-29-23-14-19(15-25-7-9-27-17-21-5-3-11-31-21)13-20(24(23)30-2)16-26-8-10-28-18-22-6-4-12-32-22/h3-6,11-14,25-28H,7-10,15-18H2,1-2H3. The largest absolute Gasteiger partial charge is 0.493 e. The van der Waals surface area contributed by atoms with Gasteiger partial charge in [-0.3, -0.25) is 0 Å². The molecule has 2 aromatic heterocycles. The Hall–Kier alpha value is -2.78. The zero-order valence-electron chi connectivity index (χ0n) is 18.9. The van der Waals surface area contributed by atoms with Gasteiger partial charge in [0, 0.05) is 44.8 Å². The fourth-order valence-electron chi connectivity index (χ4n) is 3.40. The summed E-state index contributed by atoms with van der Waals surface area (Å²) in [6, 6.07) is 11.9. The predicted octanol–water partition coefficient (Wildman–Crippen LogP) is 2.65. The van der Waals surface area contributed by atoms with Crippen LogP contribution in [0.3, 0.4) is 0 Å². The molecular weight excluding hydrogens is 408 g/mol. The molecule has 0 aliphatic carbocycles. The molecule has 0 aliphatic heterocycles. The Bertz CT molecular complexity index is 882. The summed E-state index contributed by atoms with van der Waals surface area (Å²) in [6.45, 7) is 6.28. The van der Waals surface area contributed by atoms with E-state index >= 15 is 0 Å². The zero-order valence-corrected chi connectivity index (χ0v) is 18.9. The van der Waals surface area contributed by atoms with Gasteiger partial charge in [0.15, 0.2) is 11.5 Å². The zero-order chi connectivity index (χ0) is 22.4. The lowest BCUT2D eigenvalue weighted by molar-refractivity contribution is 0.350. The van der Waals surface area contributed by atoms with Crippen LogP contribution in [0, 0.1) is 0 Å². The van der Waals surface area contributed by atoms with Gasteiger partial charge in [0.2, 0.25) is 0 Å². The van der Waals surface area contributed by atoms with Crippen molar-refractivity contribution in [3.63, 3.8) is 0 Å². The van der Waals surface area contributed by atoms with E-state index in [0.717, 1.165) is 80.0 Å². The molecule has 0 spiro atoms. The summed E-state index contributed by atoms with van der Waals surface area (Å²) in [5.41, 5.74) is 2.23. The Balaban J connectivity index is 1.41. The summed E-state index contributed by atoms with van der Waals surface area (Å²) >= 11 is 0. The van der Waals surface area contributed by atoms with Gasteiger partial charge in [0.1, 0.15) is 11.5 Å². The number of hydrogen-bond donors (Lipinski definition) is 4. The molecule has 0 bridgehead atoms. The van der Waals surface area contributed by atoms with Crippen LogP contribution in [-0.4, -0.2) is 40.4 Å². The quantitative estimate of drug-likeness (QED) is 0.252. The lowest BCUT2D eigenvalue weighted by Crippen LogP contribution is -2.27. The first-order valence-corrected chi connectivity index (χ1v) is 10.9. The molecule has 3 rings (SSSR count). The van der Waals surface area contributed by atoms with Crippen molar-refractivity contribution in [2.45, 2.75) is 26.2 Å². The Morgan fingerprint density at radius 1 is 0.688 bits per heavy atom. The lowest BCUT2D eigenvalue weighted by atomic mass is 10.1. The SMILES string of the molecule is COc1cc(CNCCNCc2ccco2)cc(CNCCNCc2ccco2)c1OC. The average molecular weight is 443 g/mol. The normalized spacial score (nSPS) is 11.1. The molecule has 32 heavy (non-hydrogen) atoms. The number of benzene rings is 1. The minimum Gasteiger partial charge on any atom is -0.493 e. The molecule has 1 aromatic carbocycles. The molecule has 0 amide bonds. The summed E-state index contributed by atoms with van der Waals surface area (Å²) in [4.78, 5) is 0. The van der Waals surface area contributed by atoms with Crippen LogP contribution in [0.5, 0.6) is 11.5 Å². The molecule has 2 heterocycles. The van der Waals surface area contributed by atoms with E-state index < -0.39 is 0 Å². The highest BCUT2D eigenvalue weighted by Gasteiger charge is 2.12. The summed E-state index contributed by atoms with van der Waals surface area (Å²) in [5, 5.41) is 13.6. The lowest BCUT2D eigenvalue weighted by Gasteiger charge is -2.16. The highest BCUT2D eigenvalue weighted by molar-refractivity contribution is 5.49. The van der Waals surface area contributed by atoms with Crippen LogP contribution in [-0.2, 0) is 26.2 Å². The van der Waals surface area contributed by atoms with Crippen LogP contribution in [0.2, 0.25) is 0 Å². The maximum atomic E-state index is 5.61. The maximum absolute atomic E-state index is 5.61. The summed E-state index contributed by atoms with van der Waals surface area (Å²) in [7, 11) is 3.35. The molecular formula is C24H34N4O4. The fraction of sp³-hybridized carbons (Fsp3) is 0.417. The van der Waals surface area contributed by atoms with E-state index in [0.29, 0.717) is 6.54 Å². The number of methoxy groups -OCH3 is 2. The second-order valence-electron chi connectivity index (χ2n) is 7.36. The minimum atomic E-state index is 0.695. The molecule has 3 aromatic rings. The Labute approximate surface area is 189 Å². The number of ether oxygens (including phenoxy) is 2. The van der Waals surface area contributed by atoms with Crippen LogP contribution in [0.4, 0.5) is 0 Å². The van der Waals surface area contributed by atoms with Crippen LogP contribution in [0.1, 0.15) is 22.6 Å². The third kappa shape index (κ3) is 7.72. The van der Waals surface area contributed by atoms with E-state index in [2.05, 4.69) is 27.3 Å². The first-order chi connectivity index (χ1) is 15.8. The summed E-state index contributed by atoms with van der Waals surface area (Å²) in [5.74, 6) is 3.40. The van der Waals surface area contributed by atoms with Crippen LogP contribution in [0.25, 0.3) is 0 Å². The average Bonchev–Trinajstić information content (AvgIpc) is 3.52. The Morgan fingerprint density at radius 2 is 1.25 bits per heavy atom. The van der Waals surface area contributed by atoms with Gasteiger partial charge in [-0.2, -0.15) is 0 Å². The first-order valence-electron chi connectivity index (χ1n) is 10.9. The van der Waals surface area contributed by atoms with Crippen molar-refractivity contribution < 1.29 is 18.3 Å². The second kappa shape index (κ2) is 13.6. The van der Waals surface area contributed by atoms with E-state index in [9.17, 15) is 0 Å². The molecule has 0 saturated carbocycles. The molecule has 0 radical (unpaired) electrons. The monoisotopic (exact) mass is 442 g/mol. The Morgan fingerprint density at radius 3 is 1.75 bits per heavy atom. The molecule has 8 nitrogen and oxygen atoms in total. The van der Waals surface area contributed by atoms with Gasteiger partial charge in [0.05, 0.1) is 39.8 Å². The molecule has 4 N–H and O–H groups in total. The highest BCUT2D eigenvalue weighted by atomic mass is 16.5. The number of nitrogens with one attached hydrogen (secondary N) is 4. The van der Waals surface area contributed by atoms with Gasteiger partial charge in [-0.1, -0.05) is 0 Å². The Kier molecular flexibility index (Phi) is 10.1. The van der Waals surface area contributed by atoms with E-state index in [1.807, 2.05) is 30.3 Å². The molecule has 0 atom stereocenters. The van der Waals surface area contributed by atoms with Crippen molar-refractivity contribution in [2.75, 3.05) is 40.4 Å². The van der Waals surface area contributed by atoms with Crippen molar-refractivity contribution in [1.29, 1.82) is 0 Å². The van der Waals surface area contributed by atoms with E-state index in [-0.39, 0.29) is 0 Å². The highest BCUT2D eigenvalue weighted by Crippen LogP contribution is 2.32. The molecule has 8 heteroatoms. The van der Waals surface area contributed by atoms with Gasteiger partial charge in [-0.05, 0) is 42.0 Å². The minimum absolute atomic E-state index is 0.695. The van der Waals surface area contributed by atoms with Crippen LogP contribution >= 0.6 is 0 Å². The molecule has 0 aliphatic rings. The van der Waals surface area contributed by atoms with E-state index in [4.69, 9.17) is 18.3 Å². The van der Waals surface area contributed by atoms with E-state index in [1.54, 1.807) is 26.7 Å². The predicted molar refractivity (Wildman–Crippen MR) is 124 cm³/mol. The van der Waals surface area contributed by atoms with Crippen LogP contribution in [0.15, 0.2) is 57.8 Å². The van der Waals surface area contributed by atoms with Crippen molar-refractivity contribution >= 4 is 0 Å². The molecule has 0 saturated heterocycles. The van der Waals surface area contributed by atoms with Gasteiger partial charge in [-0.15, -0.1) is 0 Å². The number of rotatable bonds is 16. The van der Waals surface area contributed by atoms with Gasteiger partial charge >= 0.3 is 0 Å². The van der Waals surface area contributed by atoms with E-state index in [1.165, 1.54) is 0 Å². The molecule has 0 unspecified atom stereocenters. The smallest absolute Gasteiger partial charge is 0.165 e. The molecule has 0 fully saturated rings. The summed E-state index contributed by atoms with van der Waals surface area (Å²) in [6.07, 6.45) is 3.38. The topological polar surface area (TPSA) is 92.9 Å². The first kappa shape index (κ1) is 23.9. The fourth-order valence-corrected chi connectivity index (χ4v) is 3.40. The van der Waals surface area contributed by atoms with Crippen molar-refractivity contribution in [3.8, 4) is 11.5 Å². The van der Waals surface area contributed by atoms with Crippen molar-refractivity contribution in [3.05, 3.63) is 71.6 Å². The van der Waals surface area contributed by atoms with Gasteiger partial charge in [-0.25, -0.2) is 0 Å². The maximum Gasteiger partial charge on any atom is 0.165 e. The summed E-state index contributed by atoms with van der Waals surface area (Å²) < 4.78 is 21.8. The van der Waals surface area contributed by atoms with Gasteiger partial charge < -0.3 is 39.6 Å². The second-order valence-corrected chi connectivity index (χ2v) is 7.36. The third-order valence-electron chi connectivity index (χ3n) is 4.98. The van der Waals surface area contributed by atoms with Crippen molar-refractivity contribution in [1.82, 2.24) is 21.3 Å². The third-order valence-corrected chi connectivity index (χ3v) is 4.98. The van der Waals surface area contributed by atoms with Crippen LogP contribution < -0.4 is 30.7 Å². The van der Waals surface area contributed by atoms with Crippen molar-refractivity contribution in [2.24, 2.45) is 0 Å². The number of hydrogen-bond acceptors (Lipinski definition) is 8. The molecule has 174 valence electrons. The number of furan rings is 2. The van der Waals surface area contributed by atoms with Gasteiger partial charge in [0.25, 0.3) is 0 Å².